The molecule has 0 saturated carbocycles. The number of nitrogens with zero attached hydrogens (tertiary/aromatic N) is 2. The van der Waals surface area contributed by atoms with Crippen molar-refractivity contribution in [2.75, 3.05) is 6.54 Å². The summed E-state index contributed by atoms with van der Waals surface area (Å²) in [6.45, 7) is 2.09. The van der Waals surface area contributed by atoms with E-state index in [2.05, 4.69) is 5.10 Å². The molecule has 0 saturated heterocycles. The number of rotatable bonds is 7. The van der Waals surface area contributed by atoms with Gasteiger partial charge >= 0.3 is 5.97 Å². The van der Waals surface area contributed by atoms with Crippen LogP contribution in [0.4, 0.5) is 0 Å². The third-order valence-electron chi connectivity index (χ3n) is 3.76. The Morgan fingerprint density at radius 3 is 2.62 bits per heavy atom. The summed E-state index contributed by atoms with van der Waals surface area (Å²) in [4.78, 5) is 11.6. The topological polar surface area (TPSA) is 81.1 Å². The molecule has 1 unspecified atom stereocenters. The van der Waals surface area contributed by atoms with Crippen molar-refractivity contribution in [2.24, 2.45) is 11.1 Å². The Bertz CT molecular complexity index is 595. The molecule has 0 fully saturated rings. The Balaban J connectivity index is 2.23. The lowest BCUT2D eigenvalue weighted by Crippen LogP contribution is -2.40. The Hall–Kier alpha value is -2.14. The molecule has 112 valence electrons. The van der Waals surface area contributed by atoms with E-state index in [4.69, 9.17) is 5.73 Å². The van der Waals surface area contributed by atoms with Crippen LogP contribution in [0.25, 0.3) is 5.69 Å². The molecule has 5 heteroatoms. The van der Waals surface area contributed by atoms with Crippen molar-refractivity contribution in [1.29, 1.82) is 0 Å². The van der Waals surface area contributed by atoms with Crippen LogP contribution in [0.5, 0.6) is 0 Å². The lowest BCUT2D eigenvalue weighted by atomic mass is 9.79. The lowest BCUT2D eigenvalue weighted by molar-refractivity contribution is -0.148. The fourth-order valence-corrected chi connectivity index (χ4v) is 2.54. The van der Waals surface area contributed by atoms with Crippen LogP contribution in [0.1, 0.15) is 25.5 Å². The largest absolute Gasteiger partial charge is 0.481 e. The third-order valence-corrected chi connectivity index (χ3v) is 3.76. The molecule has 3 N–H and O–H groups in total. The first-order chi connectivity index (χ1) is 10.1. The van der Waals surface area contributed by atoms with Gasteiger partial charge in [-0.05, 0) is 24.6 Å². The summed E-state index contributed by atoms with van der Waals surface area (Å²) < 4.78 is 1.75. The van der Waals surface area contributed by atoms with Crippen molar-refractivity contribution in [3.8, 4) is 5.69 Å². The van der Waals surface area contributed by atoms with E-state index in [1.54, 1.807) is 4.68 Å². The molecule has 1 aromatic heterocycles. The number of hydrogen-bond acceptors (Lipinski definition) is 3. The zero-order valence-corrected chi connectivity index (χ0v) is 12.2. The van der Waals surface area contributed by atoms with Gasteiger partial charge in [0.15, 0.2) is 0 Å². The predicted molar refractivity (Wildman–Crippen MR) is 81.3 cm³/mol. The van der Waals surface area contributed by atoms with Crippen LogP contribution < -0.4 is 5.73 Å². The molecule has 2 aromatic rings. The number of para-hydroxylation sites is 1. The number of nitrogens with two attached hydrogens (primary N) is 1. The van der Waals surface area contributed by atoms with Gasteiger partial charge in [-0.15, -0.1) is 0 Å². The first-order valence-electron chi connectivity index (χ1n) is 7.15. The van der Waals surface area contributed by atoms with Crippen LogP contribution in [0.3, 0.4) is 0 Å². The van der Waals surface area contributed by atoms with E-state index in [0.29, 0.717) is 12.8 Å². The second-order valence-electron chi connectivity index (χ2n) is 5.30. The molecule has 0 spiro atoms. The van der Waals surface area contributed by atoms with Crippen LogP contribution >= 0.6 is 0 Å². The minimum atomic E-state index is -0.926. The molecule has 1 atom stereocenters. The van der Waals surface area contributed by atoms with Gasteiger partial charge in [0, 0.05) is 19.2 Å². The minimum Gasteiger partial charge on any atom is -0.481 e. The monoisotopic (exact) mass is 287 g/mol. The summed E-state index contributed by atoms with van der Waals surface area (Å²) in [7, 11) is 0. The molecule has 1 heterocycles. The zero-order chi connectivity index (χ0) is 15.3. The fourth-order valence-electron chi connectivity index (χ4n) is 2.54. The summed E-state index contributed by atoms with van der Waals surface area (Å²) in [5, 5.41) is 14.0. The van der Waals surface area contributed by atoms with Gasteiger partial charge in [-0.2, -0.15) is 5.10 Å². The molecule has 0 aliphatic carbocycles. The van der Waals surface area contributed by atoms with E-state index in [1.165, 1.54) is 0 Å². The van der Waals surface area contributed by atoms with E-state index in [0.717, 1.165) is 17.8 Å². The fraction of sp³-hybridized carbons (Fsp3) is 0.375. The van der Waals surface area contributed by atoms with E-state index < -0.39 is 11.4 Å². The average Bonchev–Trinajstić information content (AvgIpc) is 2.96. The highest BCUT2D eigenvalue weighted by atomic mass is 16.4. The van der Waals surface area contributed by atoms with Crippen LogP contribution in [-0.2, 0) is 11.2 Å². The molecular weight excluding hydrogens is 266 g/mol. The quantitative estimate of drug-likeness (QED) is 0.818. The molecular formula is C16H21N3O2. The normalized spacial score (nSPS) is 13.8. The van der Waals surface area contributed by atoms with E-state index >= 15 is 0 Å². The van der Waals surface area contributed by atoms with Crippen LogP contribution in [0.15, 0.2) is 42.6 Å². The van der Waals surface area contributed by atoms with Gasteiger partial charge in [0.1, 0.15) is 0 Å². The molecule has 0 aliphatic heterocycles. The SMILES string of the molecule is CCCC(CN)(Cc1ccn(-c2ccccc2)n1)C(=O)O. The summed E-state index contributed by atoms with van der Waals surface area (Å²) in [5.41, 5.74) is 6.52. The molecule has 0 radical (unpaired) electrons. The zero-order valence-electron chi connectivity index (χ0n) is 12.2. The van der Waals surface area contributed by atoms with Gasteiger partial charge in [0.05, 0.1) is 16.8 Å². The number of carboxylic acids is 1. The van der Waals surface area contributed by atoms with Crippen molar-refractivity contribution in [3.63, 3.8) is 0 Å². The van der Waals surface area contributed by atoms with Crippen molar-refractivity contribution in [2.45, 2.75) is 26.2 Å². The van der Waals surface area contributed by atoms with Crippen LogP contribution in [-0.4, -0.2) is 27.4 Å². The molecule has 0 bridgehead atoms. The Labute approximate surface area is 124 Å². The molecule has 21 heavy (non-hydrogen) atoms. The number of hydrogen-bond donors (Lipinski definition) is 2. The van der Waals surface area contributed by atoms with Crippen molar-refractivity contribution < 1.29 is 9.90 Å². The highest BCUT2D eigenvalue weighted by molar-refractivity contribution is 5.75. The van der Waals surface area contributed by atoms with Crippen molar-refractivity contribution in [1.82, 2.24) is 9.78 Å². The lowest BCUT2D eigenvalue weighted by Gasteiger charge is -2.26. The second kappa shape index (κ2) is 6.54. The maximum Gasteiger partial charge on any atom is 0.311 e. The number of benzene rings is 1. The summed E-state index contributed by atoms with van der Waals surface area (Å²) in [6, 6.07) is 11.6. The van der Waals surface area contributed by atoms with Gasteiger partial charge in [-0.1, -0.05) is 31.5 Å². The molecule has 2 rings (SSSR count). The van der Waals surface area contributed by atoms with Gasteiger partial charge in [-0.25, -0.2) is 4.68 Å². The predicted octanol–water partition coefficient (Wildman–Crippen LogP) is 2.24. The smallest absolute Gasteiger partial charge is 0.311 e. The second-order valence-corrected chi connectivity index (χ2v) is 5.30. The molecule has 5 nitrogen and oxygen atoms in total. The third kappa shape index (κ3) is 3.31. The standard InChI is InChI=1S/C16H21N3O2/c1-2-9-16(12-17,15(20)21)11-13-8-10-19(18-13)14-6-4-3-5-7-14/h3-8,10H,2,9,11-12,17H2,1H3,(H,20,21). The summed E-state index contributed by atoms with van der Waals surface area (Å²) in [5.74, 6) is -0.846. The highest BCUT2D eigenvalue weighted by Gasteiger charge is 2.37. The number of carbonyl (C=O) groups is 1. The highest BCUT2D eigenvalue weighted by Crippen LogP contribution is 2.28. The Morgan fingerprint density at radius 1 is 1.33 bits per heavy atom. The first-order valence-corrected chi connectivity index (χ1v) is 7.15. The number of aromatic nitrogens is 2. The van der Waals surface area contributed by atoms with Crippen molar-refractivity contribution >= 4 is 5.97 Å². The molecule has 1 aromatic carbocycles. The summed E-state index contributed by atoms with van der Waals surface area (Å²) in [6.07, 6.45) is 3.53. The van der Waals surface area contributed by atoms with E-state index in [9.17, 15) is 9.90 Å². The van der Waals surface area contributed by atoms with Gasteiger partial charge in [0.2, 0.25) is 0 Å². The van der Waals surface area contributed by atoms with Crippen LogP contribution in [0.2, 0.25) is 0 Å². The number of aliphatic carboxylic acids is 1. The maximum absolute atomic E-state index is 11.6. The van der Waals surface area contributed by atoms with Crippen LogP contribution in [0, 0.1) is 5.41 Å². The van der Waals surface area contributed by atoms with E-state index in [-0.39, 0.29) is 6.54 Å². The molecule has 0 amide bonds. The van der Waals surface area contributed by atoms with E-state index in [1.807, 2.05) is 49.5 Å². The van der Waals surface area contributed by atoms with Gasteiger partial charge in [0.25, 0.3) is 0 Å². The maximum atomic E-state index is 11.6. The Morgan fingerprint density at radius 2 is 2.05 bits per heavy atom. The van der Waals surface area contributed by atoms with Gasteiger partial charge < -0.3 is 10.8 Å². The first kappa shape index (κ1) is 15.3. The molecule has 0 aliphatic rings. The minimum absolute atomic E-state index is 0.119. The number of carboxylic acid groups (broad SMARTS) is 1. The average molecular weight is 287 g/mol. The van der Waals surface area contributed by atoms with Gasteiger partial charge in [-0.3, -0.25) is 4.79 Å². The Kier molecular flexibility index (Phi) is 4.75. The van der Waals surface area contributed by atoms with Crippen molar-refractivity contribution in [3.05, 3.63) is 48.3 Å². The summed E-state index contributed by atoms with van der Waals surface area (Å²) >= 11 is 0.